The summed E-state index contributed by atoms with van der Waals surface area (Å²) in [5.74, 6) is 0.937. The number of fused-ring (bicyclic) bond motifs is 1. The van der Waals surface area contributed by atoms with Crippen molar-refractivity contribution in [3.05, 3.63) is 6.20 Å². The number of carbonyl (C=O) groups excluding carboxylic acids is 2. The molecule has 2 spiro atoms. The Morgan fingerprint density at radius 1 is 1.12 bits per heavy atom. The summed E-state index contributed by atoms with van der Waals surface area (Å²) < 4.78 is 28.7. The van der Waals surface area contributed by atoms with Crippen LogP contribution in [0.15, 0.2) is 6.20 Å². The molecule has 0 bridgehead atoms. The van der Waals surface area contributed by atoms with Gasteiger partial charge in [0.05, 0.1) is 32.6 Å². The summed E-state index contributed by atoms with van der Waals surface area (Å²) in [7, 11) is -0.701. The number of nitrogens with zero attached hydrogens (tertiary/aromatic N) is 4. The van der Waals surface area contributed by atoms with Gasteiger partial charge in [0.1, 0.15) is 12.3 Å². The van der Waals surface area contributed by atoms with Crippen molar-refractivity contribution in [1.82, 2.24) is 9.97 Å². The topological polar surface area (TPSA) is 113 Å². The summed E-state index contributed by atoms with van der Waals surface area (Å²) in [5.41, 5.74) is -0.611. The van der Waals surface area contributed by atoms with Crippen molar-refractivity contribution in [3.63, 3.8) is 0 Å². The fraction of sp³-hybridized carbons (Fsp3) is 0.727. The molecule has 1 aliphatic carbocycles. The lowest BCUT2D eigenvalue weighted by Crippen LogP contribution is -2.46. The van der Waals surface area contributed by atoms with E-state index in [-0.39, 0.29) is 30.9 Å². The maximum absolute atomic E-state index is 12.8. The molecule has 1 aromatic rings. The summed E-state index contributed by atoms with van der Waals surface area (Å²) >= 11 is 0. The summed E-state index contributed by atoms with van der Waals surface area (Å²) in [6, 6.07) is 0. The van der Waals surface area contributed by atoms with Crippen molar-refractivity contribution in [2.75, 3.05) is 74.0 Å². The van der Waals surface area contributed by atoms with Crippen molar-refractivity contribution in [3.8, 4) is 5.88 Å². The van der Waals surface area contributed by atoms with E-state index in [0.717, 1.165) is 5.75 Å². The molecule has 12 heteroatoms. The lowest BCUT2D eigenvalue weighted by molar-refractivity contribution is -0.197. The van der Waals surface area contributed by atoms with Gasteiger partial charge in [0, 0.05) is 18.6 Å². The molecule has 0 N–H and O–H groups in total. The Bertz CT molecular complexity index is 953. The highest BCUT2D eigenvalue weighted by atomic mass is 32.3. The standard InChI is InChI=1S/C22H32N4O7S/c1-34(2,3)11-10-29-15-26-17(27)13-30-19-18(26)24-16(12-23-19)25-14-21(33-20(25)28)4-6-22(7-5-21)31-8-9-32-22/h12H,4-11,13-15H2,1-3H3. The molecular formula is C22H32N4O7S. The molecule has 0 aromatic carbocycles. The van der Waals surface area contributed by atoms with Gasteiger partial charge in [-0.15, -0.1) is 0 Å². The van der Waals surface area contributed by atoms with Crippen LogP contribution < -0.4 is 14.5 Å². The van der Waals surface area contributed by atoms with Crippen molar-refractivity contribution in [2.24, 2.45) is 0 Å². The van der Waals surface area contributed by atoms with Gasteiger partial charge < -0.3 is 23.7 Å². The van der Waals surface area contributed by atoms with Gasteiger partial charge >= 0.3 is 6.09 Å². The van der Waals surface area contributed by atoms with Crippen LogP contribution in [0.4, 0.5) is 16.4 Å². The van der Waals surface area contributed by atoms with Crippen LogP contribution >= 0.6 is 10.0 Å². The lowest BCUT2D eigenvalue weighted by atomic mass is 9.81. The van der Waals surface area contributed by atoms with Crippen LogP contribution in [0.1, 0.15) is 25.7 Å². The molecule has 11 nitrogen and oxygen atoms in total. The van der Waals surface area contributed by atoms with E-state index in [2.05, 4.69) is 28.7 Å². The molecular weight excluding hydrogens is 464 g/mol. The molecule has 2 amide bonds. The highest BCUT2D eigenvalue weighted by Crippen LogP contribution is 2.45. The van der Waals surface area contributed by atoms with E-state index >= 15 is 0 Å². The smallest absolute Gasteiger partial charge is 0.416 e. The van der Waals surface area contributed by atoms with Crippen LogP contribution in [0.25, 0.3) is 0 Å². The van der Waals surface area contributed by atoms with E-state index in [4.69, 9.17) is 23.7 Å². The van der Waals surface area contributed by atoms with Crippen LogP contribution in [0.2, 0.25) is 0 Å². The molecule has 34 heavy (non-hydrogen) atoms. The Hall–Kier alpha value is -2.15. The number of carbonyl (C=O) groups is 2. The molecule has 1 saturated carbocycles. The zero-order valence-corrected chi connectivity index (χ0v) is 20.7. The minimum Gasteiger partial charge on any atom is -0.465 e. The molecule has 0 radical (unpaired) electrons. The normalized spacial score (nSPS) is 23.9. The summed E-state index contributed by atoms with van der Waals surface area (Å²) in [4.78, 5) is 37.1. The van der Waals surface area contributed by atoms with Gasteiger partial charge in [0.15, 0.2) is 18.2 Å². The van der Waals surface area contributed by atoms with Gasteiger partial charge in [-0.25, -0.2) is 24.8 Å². The maximum atomic E-state index is 12.8. The molecule has 0 unspecified atom stereocenters. The monoisotopic (exact) mass is 496 g/mol. The number of hydrogen-bond acceptors (Lipinski definition) is 9. The fourth-order valence-electron chi connectivity index (χ4n) is 4.62. The number of amides is 2. The van der Waals surface area contributed by atoms with Gasteiger partial charge in [-0.1, -0.05) is 0 Å². The number of aromatic nitrogens is 2. The SMILES string of the molecule is CS(C)(C)CCOCN1C(=O)COc2ncc(N3CC4(CCC5(CC4)OCCO5)OC3=O)nc21. The Morgan fingerprint density at radius 2 is 1.85 bits per heavy atom. The second kappa shape index (κ2) is 8.81. The first kappa shape index (κ1) is 23.6. The zero-order valence-electron chi connectivity index (χ0n) is 19.9. The predicted molar refractivity (Wildman–Crippen MR) is 126 cm³/mol. The molecule has 5 rings (SSSR count). The van der Waals surface area contributed by atoms with Crippen molar-refractivity contribution in [1.29, 1.82) is 0 Å². The second-order valence-electron chi connectivity index (χ2n) is 10.0. The van der Waals surface area contributed by atoms with Gasteiger partial charge in [0.25, 0.3) is 11.8 Å². The van der Waals surface area contributed by atoms with E-state index in [0.29, 0.717) is 57.9 Å². The van der Waals surface area contributed by atoms with E-state index in [1.54, 1.807) is 0 Å². The first-order valence-electron chi connectivity index (χ1n) is 11.5. The minimum absolute atomic E-state index is 0.0549. The molecule has 3 aliphatic heterocycles. The summed E-state index contributed by atoms with van der Waals surface area (Å²) in [5, 5.41) is 0. The average molecular weight is 497 g/mol. The van der Waals surface area contributed by atoms with Crippen molar-refractivity contribution in [2.45, 2.75) is 37.1 Å². The van der Waals surface area contributed by atoms with Crippen LogP contribution in [-0.2, 0) is 23.7 Å². The first-order chi connectivity index (χ1) is 16.2. The average Bonchev–Trinajstić information content (AvgIpc) is 3.38. The van der Waals surface area contributed by atoms with Gasteiger partial charge in [0.2, 0.25) is 5.82 Å². The Balaban J connectivity index is 1.29. The van der Waals surface area contributed by atoms with Gasteiger partial charge in [-0.05, 0) is 31.6 Å². The quantitative estimate of drug-likeness (QED) is 0.545. The summed E-state index contributed by atoms with van der Waals surface area (Å²) in [6.45, 7) is 2.02. The molecule has 0 atom stereocenters. The van der Waals surface area contributed by atoms with E-state index < -0.39 is 27.5 Å². The largest absolute Gasteiger partial charge is 0.465 e. The van der Waals surface area contributed by atoms with Gasteiger partial charge in [-0.2, -0.15) is 0 Å². The van der Waals surface area contributed by atoms with Crippen LogP contribution in [0, 0.1) is 0 Å². The maximum Gasteiger partial charge on any atom is 0.416 e. The second-order valence-corrected chi connectivity index (χ2v) is 14.6. The van der Waals surface area contributed by atoms with Crippen LogP contribution in [0.3, 0.4) is 0 Å². The van der Waals surface area contributed by atoms with Crippen LogP contribution in [0.5, 0.6) is 5.88 Å². The van der Waals surface area contributed by atoms with E-state index in [9.17, 15) is 9.59 Å². The third kappa shape index (κ3) is 4.68. The number of rotatable bonds is 6. The Morgan fingerprint density at radius 3 is 2.56 bits per heavy atom. The van der Waals surface area contributed by atoms with E-state index in [1.807, 2.05) is 0 Å². The first-order valence-corrected chi connectivity index (χ1v) is 14.5. The van der Waals surface area contributed by atoms with Gasteiger partial charge in [-0.3, -0.25) is 14.6 Å². The molecule has 4 aliphatic rings. The molecule has 3 fully saturated rings. The molecule has 1 aromatic heterocycles. The van der Waals surface area contributed by atoms with Crippen LogP contribution in [-0.4, -0.2) is 97.6 Å². The lowest BCUT2D eigenvalue weighted by Gasteiger charge is -2.39. The number of ether oxygens (including phenoxy) is 5. The molecule has 188 valence electrons. The molecule has 2 saturated heterocycles. The minimum atomic E-state index is -0.701. The third-order valence-electron chi connectivity index (χ3n) is 6.64. The number of hydrogen-bond donors (Lipinski definition) is 0. The zero-order chi connectivity index (χ0) is 24.0. The highest BCUT2D eigenvalue weighted by Gasteiger charge is 2.53. The molecule has 4 heterocycles. The summed E-state index contributed by atoms with van der Waals surface area (Å²) in [6.07, 6.45) is 10.3. The number of anilines is 2. The third-order valence-corrected chi connectivity index (χ3v) is 8.03. The van der Waals surface area contributed by atoms with Crippen molar-refractivity contribution < 1.29 is 33.3 Å². The predicted octanol–water partition coefficient (Wildman–Crippen LogP) is 1.88. The van der Waals surface area contributed by atoms with Crippen molar-refractivity contribution >= 4 is 33.7 Å². The highest BCUT2D eigenvalue weighted by molar-refractivity contribution is 8.32. The Labute approximate surface area is 200 Å². The fourth-order valence-corrected chi connectivity index (χ4v) is 5.24. The van der Waals surface area contributed by atoms with E-state index in [1.165, 1.54) is 16.0 Å². The Kier molecular flexibility index (Phi) is 6.11.